The number of rotatable bonds is 3. The van der Waals surface area contributed by atoms with Crippen LogP contribution in [0.5, 0.6) is 0 Å². The Hall–Kier alpha value is -0.800. The van der Waals surface area contributed by atoms with Crippen LogP contribution in [0.4, 0.5) is 0 Å². The highest BCUT2D eigenvalue weighted by atomic mass is 32.2. The van der Waals surface area contributed by atoms with Gasteiger partial charge in [0, 0.05) is 10.8 Å². The molecule has 1 fully saturated rings. The van der Waals surface area contributed by atoms with Crippen LogP contribution in [0, 0.1) is 0 Å². The van der Waals surface area contributed by atoms with Gasteiger partial charge in [0.15, 0.2) is 5.78 Å². The molecule has 1 heterocycles. The Morgan fingerprint density at radius 1 is 1.44 bits per heavy atom. The van der Waals surface area contributed by atoms with E-state index in [1.54, 1.807) is 11.8 Å². The molecule has 0 aromatic heterocycles. The molecule has 3 atom stereocenters. The molecule has 0 unspecified atom stereocenters. The van der Waals surface area contributed by atoms with Gasteiger partial charge in [0.1, 0.15) is 0 Å². The minimum absolute atomic E-state index is 0.0639. The largest absolute Gasteiger partial charge is 0.391 e. The molecule has 1 aromatic carbocycles. The molecule has 86 valence electrons. The average Bonchev–Trinajstić information content (AvgIpc) is 2.71. The van der Waals surface area contributed by atoms with Crippen molar-refractivity contribution < 1.29 is 9.90 Å². The summed E-state index contributed by atoms with van der Waals surface area (Å²) in [5.41, 5.74) is 0.704. The third kappa shape index (κ3) is 2.30. The van der Waals surface area contributed by atoms with Gasteiger partial charge in [-0.15, -0.1) is 11.8 Å². The summed E-state index contributed by atoms with van der Waals surface area (Å²) in [4.78, 5) is 12.1. The maximum absolute atomic E-state index is 12.1. The van der Waals surface area contributed by atoms with Gasteiger partial charge in [0.05, 0.1) is 11.4 Å². The van der Waals surface area contributed by atoms with Crippen molar-refractivity contribution in [2.75, 3.05) is 0 Å². The molecule has 0 saturated carbocycles. The summed E-state index contributed by atoms with van der Waals surface area (Å²) in [7, 11) is 0. The van der Waals surface area contributed by atoms with Crippen molar-refractivity contribution in [2.24, 2.45) is 0 Å². The van der Waals surface area contributed by atoms with E-state index in [0.717, 1.165) is 12.8 Å². The van der Waals surface area contributed by atoms with E-state index in [-0.39, 0.29) is 11.0 Å². The third-order valence-electron chi connectivity index (χ3n) is 2.96. The first kappa shape index (κ1) is 11.7. The zero-order chi connectivity index (χ0) is 11.5. The van der Waals surface area contributed by atoms with Crippen LogP contribution in [-0.4, -0.2) is 27.5 Å². The molecule has 1 N–H and O–H groups in total. The summed E-state index contributed by atoms with van der Waals surface area (Å²) in [5, 5.41) is 10.0. The van der Waals surface area contributed by atoms with Gasteiger partial charge in [-0.3, -0.25) is 4.79 Å². The lowest BCUT2D eigenvalue weighted by Gasteiger charge is -2.12. The first-order valence-corrected chi connectivity index (χ1v) is 6.59. The fourth-order valence-electron chi connectivity index (χ4n) is 2.01. The topological polar surface area (TPSA) is 37.3 Å². The highest BCUT2D eigenvalue weighted by Gasteiger charge is 2.37. The molecule has 0 bridgehead atoms. The molecule has 2 nitrogen and oxygen atoms in total. The third-order valence-corrected chi connectivity index (χ3v) is 4.70. The molecule has 16 heavy (non-hydrogen) atoms. The summed E-state index contributed by atoms with van der Waals surface area (Å²) in [6.07, 6.45) is 1.27. The highest BCUT2D eigenvalue weighted by molar-refractivity contribution is 8.01. The number of carbonyl (C=O) groups is 1. The molecule has 0 amide bonds. The lowest BCUT2D eigenvalue weighted by atomic mass is 10.0. The molecular formula is C13H16O2S. The van der Waals surface area contributed by atoms with E-state index in [4.69, 9.17) is 0 Å². The maximum atomic E-state index is 12.1. The smallest absolute Gasteiger partial charge is 0.178 e. The van der Waals surface area contributed by atoms with Gasteiger partial charge in [-0.25, -0.2) is 0 Å². The highest BCUT2D eigenvalue weighted by Crippen LogP contribution is 2.37. The first-order valence-electron chi connectivity index (χ1n) is 5.65. The number of aliphatic hydroxyl groups excluding tert-OH is 1. The Morgan fingerprint density at radius 3 is 2.69 bits per heavy atom. The van der Waals surface area contributed by atoms with E-state index < -0.39 is 6.10 Å². The fraction of sp³-hybridized carbons (Fsp3) is 0.462. The molecular weight excluding hydrogens is 220 g/mol. The van der Waals surface area contributed by atoms with E-state index >= 15 is 0 Å². The molecule has 1 aliphatic heterocycles. The van der Waals surface area contributed by atoms with Crippen LogP contribution in [0.25, 0.3) is 0 Å². The van der Waals surface area contributed by atoms with Gasteiger partial charge in [-0.1, -0.05) is 37.3 Å². The zero-order valence-corrected chi connectivity index (χ0v) is 10.1. The van der Waals surface area contributed by atoms with Gasteiger partial charge in [-0.05, 0) is 12.8 Å². The standard InChI is InChI=1S/C13H16O2S/c1-2-10-8-11(14)13(16-10)12(15)9-6-4-3-5-7-9/h3-7,10-11,13-14H,2,8H2,1H3/t10-,11-,13+/m1/s1. The quantitative estimate of drug-likeness (QED) is 0.819. The molecule has 2 rings (SSSR count). The second kappa shape index (κ2) is 5.02. The monoisotopic (exact) mass is 236 g/mol. The lowest BCUT2D eigenvalue weighted by molar-refractivity contribution is 0.0903. The number of hydrogen-bond acceptors (Lipinski definition) is 3. The minimum Gasteiger partial charge on any atom is -0.391 e. The number of thioether (sulfide) groups is 1. The Morgan fingerprint density at radius 2 is 2.12 bits per heavy atom. The van der Waals surface area contributed by atoms with Crippen LogP contribution < -0.4 is 0 Å². The van der Waals surface area contributed by atoms with Gasteiger partial charge in [0.25, 0.3) is 0 Å². The normalized spacial score (nSPS) is 29.2. The second-order valence-electron chi connectivity index (χ2n) is 4.12. The van der Waals surface area contributed by atoms with Crippen LogP contribution in [0.2, 0.25) is 0 Å². The maximum Gasteiger partial charge on any atom is 0.178 e. The van der Waals surface area contributed by atoms with E-state index in [1.165, 1.54) is 0 Å². The van der Waals surface area contributed by atoms with Crippen LogP contribution in [0.15, 0.2) is 30.3 Å². The van der Waals surface area contributed by atoms with Crippen molar-refractivity contribution in [3.8, 4) is 0 Å². The predicted molar refractivity (Wildman–Crippen MR) is 66.9 cm³/mol. The number of carbonyl (C=O) groups excluding carboxylic acids is 1. The van der Waals surface area contributed by atoms with Crippen molar-refractivity contribution in [1.82, 2.24) is 0 Å². The Kier molecular flexibility index (Phi) is 3.66. The van der Waals surface area contributed by atoms with Crippen molar-refractivity contribution in [3.05, 3.63) is 35.9 Å². The molecule has 1 saturated heterocycles. The fourth-order valence-corrected chi connectivity index (χ4v) is 3.48. The zero-order valence-electron chi connectivity index (χ0n) is 9.30. The number of aliphatic hydroxyl groups is 1. The molecule has 1 aliphatic rings. The molecule has 0 aliphatic carbocycles. The predicted octanol–water partition coefficient (Wildman–Crippen LogP) is 2.51. The summed E-state index contributed by atoms with van der Waals surface area (Å²) < 4.78 is 0. The van der Waals surface area contributed by atoms with Crippen LogP contribution in [0.1, 0.15) is 30.1 Å². The van der Waals surface area contributed by atoms with E-state index in [9.17, 15) is 9.90 Å². The van der Waals surface area contributed by atoms with Crippen molar-refractivity contribution in [2.45, 2.75) is 36.4 Å². The lowest BCUT2D eigenvalue weighted by Crippen LogP contribution is -2.26. The van der Waals surface area contributed by atoms with E-state index in [0.29, 0.717) is 10.8 Å². The van der Waals surface area contributed by atoms with Crippen molar-refractivity contribution in [3.63, 3.8) is 0 Å². The van der Waals surface area contributed by atoms with Crippen molar-refractivity contribution in [1.29, 1.82) is 0 Å². The van der Waals surface area contributed by atoms with Crippen molar-refractivity contribution >= 4 is 17.5 Å². The van der Waals surface area contributed by atoms with E-state index in [1.807, 2.05) is 30.3 Å². The average molecular weight is 236 g/mol. The Bertz CT molecular complexity index is 363. The van der Waals surface area contributed by atoms with Gasteiger partial charge < -0.3 is 5.11 Å². The van der Waals surface area contributed by atoms with Gasteiger partial charge in [0.2, 0.25) is 0 Å². The van der Waals surface area contributed by atoms with E-state index in [2.05, 4.69) is 6.92 Å². The number of ketones is 1. The summed E-state index contributed by atoms with van der Waals surface area (Å²) in [6, 6.07) is 9.24. The van der Waals surface area contributed by atoms with Crippen LogP contribution in [0.3, 0.4) is 0 Å². The molecule has 0 radical (unpaired) electrons. The van der Waals surface area contributed by atoms with Crippen LogP contribution >= 0.6 is 11.8 Å². The second-order valence-corrected chi connectivity index (χ2v) is 5.57. The number of hydrogen-bond donors (Lipinski definition) is 1. The van der Waals surface area contributed by atoms with Gasteiger partial charge in [-0.2, -0.15) is 0 Å². The Labute approximate surface area is 100 Å². The van der Waals surface area contributed by atoms with Gasteiger partial charge >= 0.3 is 0 Å². The first-order chi connectivity index (χ1) is 7.72. The summed E-state index contributed by atoms with van der Waals surface area (Å²) >= 11 is 1.62. The molecule has 1 aromatic rings. The minimum atomic E-state index is -0.484. The summed E-state index contributed by atoms with van der Waals surface area (Å²) in [5.74, 6) is 0.0639. The number of Topliss-reactive ketones (excluding diaryl/α,β-unsaturated/α-hetero) is 1. The van der Waals surface area contributed by atoms with Crippen LogP contribution in [-0.2, 0) is 0 Å². The Balaban J connectivity index is 2.11. The number of benzene rings is 1. The summed E-state index contributed by atoms with van der Waals surface area (Å²) in [6.45, 7) is 2.10. The molecule has 0 spiro atoms. The molecule has 3 heteroatoms. The SMILES string of the molecule is CC[C@@H]1C[C@@H](O)[C@@H](C(=O)c2ccccc2)S1.